The molecular formula is C47H4B29NO. The average molecular weight is 912 g/mol. The van der Waals surface area contributed by atoms with Crippen LogP contribution in [0.15, 0.2) is 26.9 Å². The second-order valence-electron chi connectivity index (χ2n) is 18.3. The van der Waals surface area contributed by atoms with Gasteiger partial charge in [-0.2, -0.15) is 0 Å². The van der Waals surface area contributed by atoms with Gasteiger partial charge >= 0.3 is 0 Å². The zero-order valence-corrected chi connectivity index (χ0v) is 41.5. The van der Waals surface area contributed by atoms with Gasteiger partial charge in [0.1, 0.15) is 233 Å². The van der Waals surface area contributed by atoms with E-state index in [1.54, 1.807) is 0 Å². The van der Waals surface area contributed by atoms with Crippen LogP contribution < -0.4 is 147 Å². The number of fused-ring (bicyclic) bond motifs is 4. The number of benzene rings is 7. The molecule has 0 N–H and O–H groups in total. The van der Waals surface area contributed by atoms with Crippen molar-refractivity contribution in [3.05, 3.63) is 28.0 Å². The van der Waals surface area contributed by atoms with Crippen LogP contribution in [0.2, 0.25) is 0 Å². The first kappa shape index (κ1) is 59.4. The van der Waals surface area contributed by atoms with Gasteiger partial charge < -0.3 is 9.32 Å². The predicted molar refractivity (Wildman–Crippen MR) is 362 cm³/mol. The van der Waals surface area contributed by atoms with Crippen molar-refractivity contribution in [2.45, 2.75) is 0 Å². The molecule has 0 spiro atoms. The lowest BCUT2D eigenvalue weighted by atomic mass is 9.55. The fourth-order valence-electron chi connectivity index (χ4n) is 9.76. The number of terminal acetylenes is 1. The quantitative estimate of drug-likeness (QED) is 0.0858. The van der Waals surface area contributed by atoms with Gasteiger partial charge in [0, 0.05) is 23.0 Å². The van der Waals surface area contributed by atoms with Crippen LogP contribution in [0.5, 0.6) is 0 Å². The number of rotatable bonds is 8. The molecule has 0 unspecified atom stereocenters. The number of hydrogen-bond donors (Lipinski definition) is 0. The van der Waals surface area contributed by atoms with E-state index in [4.69, 9.17) is 238 Å². The summed E-state index contributed by atoms with van der Waals surface area (Å²) >= 11 is 0. The first-order valence-corrected chi connectivity index (χ1v) is 22.5. The first-order chi connectivity index (χ1) is 36.3. The Hall–Kier alpha value is -4.68. The number of allylic oxidation sites excluding steroid dienone is 3. The van der Waals surface area contributed by atoms with Gasteiger partial charge in [-0.25, -0.2) is 0 Å². The van der Waals surface area contributed by atoms with Gasteiger partial charge in [-0.05, 0) is 49.6 Å². The first-order valence-electron chi connectivity index (χ1n) is 22.5. The Labute approximate surface area is 494 Å². The van der Waals surface area contributed by atoms with Crippen molar-refractivity contribution in [1.82, 2.24) is 0 Å². The second-order valence-corrected chi connectivity index (χ2v) is 18.3. The Morgan fingerprint density at radius 2 is 0.705 bits per heavy atom. The van der Waals surface area contributed by atoms with Crippen LogP contribution >= 0.6 is 0 Å². The highest BCUT2D eigenvalue weighted by Gasteiger charge is 2.31. The summed E-state index contributed by atoms with van der Waals surface area (Å²) in [7, 11) is 193. The molecule has 290 valence electrons. The molecule has 7 aromatic carbocycles. The molecule has 31 heteroatoms. The number of furan rings is 1. The maximum absolute atomic E-state index is 7.34. The zero-order chi connectivity index (χ0) is 58.2. The minimum absolute atomic E-state index is 0.00165. The number of nitrogens with zero attached hydrogens (tertiary/aromatic N) is 1. The lowest BCUT2D eigenvalue weighted by Gasteiger charge is -2.37. The second kappa shape index (κ2) is 21.3. The molecule has 8 aromatic rings. The summed E-state index contributed by atoms with van der Waals surface area (Å²) in [5.41, 5.74) is -7.03. The van der Waals surface area contributed by atoms with Crippen LogP contribution in [0.4, 0.5) is 11.4 Å². The number of anilines is 2. The lowest BCUT2D eigenvalue weighted by Crippen LogP contribution is -2.57. The van der Waals surface area contributed by atoms with Crippen LogP contribution in [0.25, 0.3) is 60.5 Å². The minimum Gasteiger partial charge on any atom is -0.455 e. The Morgan fingerprint density at radius 1 is 0.359 bits per heavy atom. The predicted octanol–water partition coefficient (Wildman–Crippen LogP) is -20.4. The molecule has 0 aliphatic heterocycles. The van der Waals surface area contributed by atoms with E-state index in [9.17, 15) is 0 Å². The maximum atomic E-state index is 7.34. The highest BCUT2D eigenvalue weighted by Crippen LogP contribution is 2.35. The average Bonchev–Trinajstić information content (AvgIpc) is 3.93. The monoisotopic (exact) mass is 917 g/mol. The van der Waals surface area contributed by atoms with E-state index in [1.807, 2.05) is 0 Å². The van der Waals surface area contributed by atoms with Crippen molar-refractivity contribution >= 4 is 419 Å². The molecule has 78 heavy (non-hydrogen) atoms. The molecule has 0 atom stereocenters. The third-order valence-electron chi connectivity index (χ3n) is 14.1. The normalized spacial score (nSPS) is 12.2. The molecule has 0 aliphatic rings. The van der Waals surface area contributed by atoms with Crippen LogP contribution in [0, 0.1) is 12.3 Å². The van der Waals surface area contributed by atoms with Crippen molar-refractivity contribution in [3.63, 3.8) is 0 Å². The van der Waals surface area contributed by atoms with Gasteiger partial charge in [-0.3, -0.25) is 0 Å². The summed E-state index contributed by atoms with van der Waals surface area (Å²) in [6, 6.07) is 1.38. The Kier molecular flexibility index (Phi) is 16.3. The van der Waals surface area contributed by atoms with Crippen LogP contribution in [-0.4, -0.2) is 234 Å². The highest BCUT2D eigenvalue weighted by atomic mass is 16.3. The molecule has 0 fully saturated rings. The largest absolute Gasteiger partial charge is 0.455 e. The smallest absolute Gasteiger partial charge is 0.157 e. The van der Waals surface area contributed by atoms with Crippen molar-refractivity contribution < 1.29 is 4.42 Å². The molecular weight excluding hydrogens is 908 g/mol. The summed E-state index contributed by atoms with van der Waals surface area (Å²) in [4.78, 5) is 1.29. The Balaban J connectivity index is 1.54. The van der Waals surface area contributed by atoms with Crippen LogP contribution in [-0.2, 0) is 0 Å². The molecule has 0 saturated heterocycles. The third-order valence-corrected chi connectivity index (χ3v) is 14.1. The van der Waals surface area contributed by atoms with Gasteiger partial charge in [-0.1, -0.05) is 105 Å². The Morgan fingerprint density at radius 3 is 1.19 bits per heavy atom. The molecule has 0 bridgehead atoms. The molecule has 0 amide bonds. The molecule has 2 nitrogen and oxygen atoms in total. The molecule has 58 radical (unpaired) electrons. The molecule has 8 rings (SSSR count). The van der Waals surface area contributed by atoms with Gasteiger partial charge in [0.2, 0.25) is 0 Å². The van der Waals surface area contributed by atoms with E-state index in [2.05, 4.69) is 5.92 Å². The fraction of sp³-hybridized carbons (Fsp3) is 0.0213. The van der Waals surface area contributed by atoms with E-state index < -0.39 is 6.54 Å². The van der Waals surface area contributed by atoms with E-state index in [0.29, 0.717) is 0 Å². The topological polar surface area (TPSA) is 16.4 Å². The van der Waals surface area contributed by atoms with Gasteiger partial charge in [0.05, 0.1) is 5.69 Å². The summed E-state index contributed by atoms with van der Waals surface area (Å²) in [5.74, 6) is 2.37. The number of hydrogen-bond acceptors (Lipinski definition) is 2. The highest BCUT2D eigenvalue weighted by molar-refractivity contribution is 6.75. The van der Waals surface area contributed by atoms with E-state index in [0.717, 1.165) is 0 Å². The van der Waals surface area contributed by atoms with E-state index in [1.165, 1.54) is 11.0 Å². The minimum atomic E-state index is -0.669. The van der Waals surface area contributed by atoms with Crippen molar-refractivity contribution in [3.8, 4) is 34.6 Å². The third kappa shape index (κ3) is 8.70. The van der Waals surface area contributed by atoms with E-state index in [-0.39, 0.29) is 236 Å². The van der Waals surface area contributed by atoms with Gasteiger partial charge in [0.15, 0.2) is 5.58 Å². The van der Waals surface area contributed by atoms with Crippen LogP contribution in [0.1, 0.15) is 5.56 Å². The Bertz CT molecular complexity index is 4160. The van der Waals surface area contributed by atoms with Crippen molar-refractivity contribution in [2.75, 3.05) is 11.4 Å². The van der Waals surface area contributed by atoms with Crippen molar-refractivity contribution in [2.24, 2.45) is 0 Å². The summed E-state index contributed by atoms with van der Waals surface area (Å²) in [6.45, 7) is -0.669. The summed E-state index contributed by atoms with van der Waals surface area (Å²) in [5, 5.41) is 0.363. The fourth-order valence-corrected chi connectivity index (χ4v) is 9.76. The summed E-state index contributed by atoms with van der Waals surface area (Å²) < 4.78 is 6.53. The summed E-state index contributed by atoms with van der Waals surface area (Å²) in [6.07, 6.45) is 5.96. The SMILES string of the molecule is [B]/C(CN(c1c([B])c([B])c([B])c(-c2c([B])c([B])c([B])c(-c3c([B])c([B])c([B])c([B])c3[B])c2[B])c1[B])c1c([B])c([B])c([B])c2c1oc1c([B])c([B])c([B])c([B])c12)=C([B])/C(=C(/[B])C#C)c1cc([B])c2c([B])c([B])c([B])c([B])c2c1[B]. The van der Waals surface area contributed by atoms with Gasteiger partial charge in [-0.15, -0.1) is 66.5 Å². The standard InChI is InChI=1S/C47H4B29NO/c1-2-6(48)9(5-3-7(49)10-11(18(5)51)22(55)33(66)32(65)21(10)54)19(52)8(50)4-77(45-42(75)38(71)29(62)17-16-28(61)36(69)40(73)43(76)46(16)78-47(17)45)44-30(63)15(27(60)37(70)41(44)74)13-20(53)12(23(56)31(64)24(13)57)14-25(58)34(67)39(72)35(68)26(14)59/h1,3H,4H2/b9-6+,19-8-. The van der Waals surface area contributed by atoms with Crippen LogP contribution in [0.3, 0.4) is 0 Å². The molecule has 1 heterocycles. The van der Waals surface area contributed by atoms with Gasteiger partial charge in [0.25, 0.3) is 0 Å². The molecule has 0 saturated carbocycles. The molecule has 1 aromatic heterocycles. The molecule has 0 aliphatic carbocycles. The van der Waals surface area contributed by atoms with E-state index >= 15 is 0 Å². The van der Waals surface area contributed by atoms with Crippen molar-refractivity contribution in [1.29, 1.82) is 0 Å². The maximum Gasteiger partial charge on any atom is 0.157 e. The zero-order valence-electron chi connectivity index (χ0n) is 41.5. The lowest BCUT2D eigenvalue weighted by molar-refractivity contribution is 0.672.